The average molecular weight is 141 g/mol. The number of carbonyl (C=O) groups is 1. The van der Waals surface area contributed by atoms with E-state index in [2.05, 4.69) is 5.32 Å². The van der Waals surface area contributed by atoms with Gasteiger partial charge in [-0.1, -0.05) is 6.08 Å². The van der Waals surface area contributed by atoms with E-state index in [1.165, 1.54) is 0 Å². The number of allylic oxidation sites excluding steroid dienone is 1. The van der Waals surface area contributed by atoms with Gasteiger partial charge in [0.15, 0.2) is 0 Å². The lowest BCUT2D eigenvalue weighted by atomic mass is 10.2. The predicted octanol–water partition coefficient (Wildman–Crippen LogP) is 1.06. The summed E-state index contributed by atoms with van der Waals surface area (Å²) >= 11 is 0. The Hall–Kier alpha value is -0.990. The quantitative estimate of drug-likeness (QED) is 0.554. The fourth-order valence-corrected chi connectivity index (χ4v) is 0.923. The molecule has 1 heterocycles. The third-order valence-corrected chi connectivity index (χ3v) is 1.46. The molecular formula is C7H11NO2. The molecule has 0 aliphatic carbocycles. The van der Waals surface area contributed by atoms with Crippen molar-refractivity contribution in [2.24, 2.45) is 0 Å². The van der Waals surface area contributed by atoms with Crippen LogP contribution in [0.5, 0.6) is 0 Å². The SMILES string of the molecule is C/C=C/[C@@H]1OC(=O)N[C@H]1C. The third kappa shape index (κ3) is 1.29. The zero-order valence-corrected chi connectivity index (χ0v) is 6.13. The lowest BCUT2D eigenvalue weighted by Gasteiger charge is -2.05. The van der Waals surface area contributed by atoms with Crippen LogP contribution in [-0.4, -0.2) is 18.2 Å². The number of amides is 1. The lowest BCUT2D eigenvalue weighted by molar-refractivity contribution is 0.154. The summed E-state index contributed by atoms with van der Waals surface area (Å²) in [6.45, 7) is 3.81. The molecule has 0 radical (unpaired) electrons. The molecule has 56 valence electrons. The summed E-state index contributed by atoms with van der Waals surface area (Å²) < 4.78 is 4.88. The van der Waals surface area contributed by atoms with E-state index in [0.717, 1.165) is 0 Å². The Bertz CT molecular complexity index is 165. The summed E-state index contributed by atoms with van der Waals surface area (Å²) in [5, 5.41) is 2.64. The second-order valence-electron chi connectivity index (χ2n) is 2.33. The van der Waals surface area contributed by atoms with Gasteiger partial charge in [-0.25, -0.2) is 4.79 Å². The van der Waals surface area contributed by atoms with Gasteiger partial charge in [0.1, 0.15) is 6.10 Å². The Morgan fingerprint density at radius 3 is 2.80 bits per heavy atom. The van der Waals surface area contributed by atoms with Crippen molar-refractivity contribution in [3.63, 3.8) is 0 Å². The highest BCUT2D eigenvalue weighted by Gasteiger charge is 2.27. The summed E-state index contributed by atoms with van der Waals surface area (Å²) in [5.74, 6) is 0. The van der Waals surface area contributed by atoms with Crippen LogP contribution in [0.2, 0.25) is 0 Å². The van der Waals surface area contributed by atoms with Crippen LogP contribution in [0.3, 0.4) is 0 Å². The van der Waals surface area contributed by atoms with Crippen molar-refractivity contribution in [2.75, 3.05) is 0 Å². The van der Waals surface area contributed by atoms with Gasteiger partial charge in [-0.05, 0) is 19.9 Å². The molecule has 0 aromatic rings. The maximum atomic E-state index is 10.6. The molecule has 1 aliphatic rings. The maximum Gasteiger partial charge on any atom is 0.408 e. The summed E-state index contributed by atoms with van der Waals surface area (Å²) in [5.41, 5.74) is 0. The topological polar surface area (TPSA) is 38.3 Å². The minimum Gasteiger partial charge on any atom is -0.440 e. The Morgan fingerprint density at radius 1 is 1.70 bits per heavy atom. The summed E-state index contributed by atoms with van der Waals surface area (Å²) in [4.78, 5) is 10.6. The van der Waals surface area contributed by atoms with Gasteiger partial charge in [0.2, 0.25) is 0 Å². The van der Waals surface area contributed by atoms with Gasteiger partial charge < -0.3 is 10.1 Å². The second kappa shape index (κ2) is 2.73. The number of hydrogen-bond acceptors (Lipinski definition) is 2. The Labute approximate surface area is 60.1 Å². The number of hydrogen-bond donors (Lipinski definition) is 1. The molecule has 1 saturated heterocycles. The van der Waals surface area contributed by atoms with Gasteiger partial charge in [0.05, 0.1) is 6.04 Å². The van der Waals surface area contributed by atoms with E-state index in [9.17, 15) is 4.79 Å². The Balaban J connectivity index is 2.54. The first kappa shape index (κ1) is 7.12. The minimum atomic E-state index is -0.324. The number of alkyl carbamates (subject to hydrolysis) is 1. The summed E-state index contributed by atoms with van der Waals surface area (Å²) in [7, 11) is 0. The smallest absolute Gasteiger partial charge is 0.408 e. The summed E-state index contributed by atoms with van der Waals surface area (Å²) in [6.07, 6.45) is 3.33. The molecule has 0 aromatic heterocycles. The molecule has 0 saturated carbocycles. The highest BCUT2D eigenvalue weighted by molar-refractivity contribution is 5.70. The molecule has 1 fully saturated rings. The first-order chi connectivity index (χ1) is 4.74. The van der Waals surface area contributed by atoms with Crippen LogP contribution in [0, 0.1) is 0 Å². The monoisotopic (exact) mass is 141 g/mol. The fraction of sp³-hybridized carbons (Fsp3) is 0.571. The van der Waals surface area contributed by atoms with Crippen molar-refractivity contribution in [3.8, 4) is 0 Å². The molecule has 1 N–H and O–H groups in total. The number of ether oxygens (including phenoxy) is 1. The van der Waals surface area contributed by atoms with Crippen LogP contribution in [-0.2, 0) is 4.74 Å². The van der Waals surface area contributed by atoms with Gasteiger partial charge in [-0.2, -0.15) is 0 Å². The van der Waals surface area contributed by atoms with E-state index in [1.807, 2.05) is 26.0 Å². The number of nitrogens with one attached hydrogen (secondary N) is 1. The number of cyclic esters (lactones) is 1. The molecule has 3 nitrogen and oxygen atoms in total. The molecule has 10 heavy (non-hydrogen) atoms. The normalized spacial score (nSPS) is 32.4. The third-order valence-electron chi connectivity index (χ3n) is 1.46. The van der Waals surface area contributed by atoms with E-state index in [1.54, 1.807) is 0 Å². The lowest BCUT2D eigenvalue weighted by Crippen LogP contribution is -2.26. The fourth-order valence-electron chi connectivity index (χ4n) is 0.923. The van der Waals surface area contributed by atoms with Gasteiger partial charge in [-0.15, -0.1) is 0 Å². The highest BCUT2D eigenvalue weighted by atomic mass is 16.6. The molecule has 3 heteroatoms. The van der Waals surface area contributed by atoms with Gasteiger partial charge in [0.25, 0.3) is 0 Å². The molecular weight excluding hydrogens is 130 g/mol. The van der Waals surface area contributed by atoms with E-state index in [-0.39, 0.29) is 18.2 Å². The van der Waals surface area contributed by atoms with E-state index in [4.69, 9.17) is 4.74 Å². The Kier molecular flexibility index (Phi) is 1.94. The van der Waals surface area contributed by atoms with E-state index < -0.39 is 0 Å². The van der Waals surface area contributed by atoms with Crippen molar-refractivity contribution in [3.05, 3.63) is 12.2 Å². The molecule has 0 bridgehead atoms. The maximum absolute atomic E-state index is 10.6. The van der Waals surface area contributed by atoms with Gasteiger partial charge >= 0.3 is 6.09 Å². The van der Waals surface area contributed by atoms with Gasteiger partial charge in [-0.3, -0.25) is 0 Å². The molecule has 2 atom stereocenters. The minimum absolute atomic E-state index is 0.0856. The van der Waals surface area contributed by atoms with Crippen molar-refractivity contribution in [2.45, 2.75) is 26.0 Å². The second-order valence-corrected chi connectivity index (χ2v) is 2.33. The van der Waals surface area contributed by atoms with Crippen LogP contribution in [0.25, 0.3) is 0 Å². The molecule has 1 rings (SSSR count). The molecule has 0 unspecified atom stereocenters. The van der Waals surface area contributed by atoms with E-state index >= 15 is 0 Å². The summed E-state index contributed by atoms with van der Waals surface area (Å²) in [6, 6.07) is 0.101. The molecule has 1 aliphatic heterocycles. The zero-order chi connectivity index (χ0) is 7.56. The first-order valence-corrected chi connectivity index (χ1v) is 3.34. The number of carbonyl (C=O) groups excluding carboxylic acids is 1. The standard InChI is InChI=1S/C7H11NO2/c1-3-4-6-5(2)8-7(9)10-6/h3-6H,1-2H3,(H,8,9)/b4-3+/t5-,6-/m0/s1. The van der Waals surface area contributed by atoms with Crippen LogP contribution in [0.1, 0.15) is 13.8 Å². The number of rotatable bonds is 1. The average Bonchev–Trinajstić information content (AvgIpc) is 2.13. The van der Waals surface area contributed by atoms with Crippen LogP contribution in [0.4, 0.5) is 4.79 Å². The van der Waals surface area contributed by atoms with Crippen molar-refractivity contribution in [1.29, 1.82) is 0 Å². The zero-order valence-electron chi connectivity index (χ0n) is 6.13. The predicted molar refractivity (Wildman–Crippen MR) is 37.7 cm³/mol. The molecule has 0 spiro atoms. The first-order valence-electron chi connectivity index (χ1n) is 3.34. The van der Waals surface area contributed by atoms with Crippen molar-refractivity contribution in [1.82, 2.24) is 5.32 Å². The van der Waals surface area contributed by atoms with E-state index in [0.29, 0.717) is 0 Å². The largest absolute Gasteiger partial charge is 0.440 e. The highest BCUT2D eigenvalue weighted by Crippen LogP contribution is 2.08. The van der Waals surface area contributed by atoms with Crippen LogP contribution < -0.4 is 5.32 Å². The van der Waals surface area contributed by atoms with Crippen molar-refractivity contribution >= 4 is 6.09 Å². The Morgan fingerprint density at radius 2 is 2.40 bits per heavy atom. The molecule has 1 amide bonds. The van der Waals surface area contributed by atoms with Gasteiger partial charge in [0, 0.05) is 0 Å². The van der Waals surface area contributed by atoms with Crippen LogP contribution >= 0.6 is 0 Å². The van der Waals surface area contributed by atoms with Crippen LogP contribution in [0.15, 0.2) is 12.2 Å². The van der Waals surface area contributed by atoms with Crippen molar-refractivity contribution < 1.29 is 9.53 Å². The molecule has 0 aromatic carbocycles.